The molecule has 0 saturated heterocycles. The predicted molar refractivity (Wildman–Crippen MR) is 79.7 cm³/mol. The molecule has 1 aromatic carbocycles. The molecule has 0 amide bonds. The lowest BCUT2D eigenvalue weighted by atomic mass is 10.4. The van der Waals surface area contributed by atoms with Gasteiger partial charge in [-0.15, -0.1) is 0 Å². The van der Waals surface area contributed by atoms with Crippen molar-refractivity contribution in [1.82, 2.24) is 4.72 Å². The van der Waals surface area contributed by atoms with Crippen LogP contribution in [0.1, 0.15) is 6.42 Å². The highest BCUT2D eigenvalue weighted by Gasteiger charge is 2.18. The smallest absolute Gasteiger partial charge is 0.242 e. The molecule has 0 bridgehead atoms. The Balaban J connectivity index is 1.92. The molecule has 108 valence electrons. The lowest BCUT2D eigenvalue weighted by Crippen LogP contribution is -3.05. The topological polar surface area (TPSA) is 63.0 Å². The summed E-state index contributed by atoms with van der Waals surface area (Å²) in [7, 11) is -3.64. The van der Waals surface area contributed by atoms with E-state index in [2.05, 4.69) is 9.71 Å². The molecule has 1 unspecified atom stereocenters. The van der Waals surface area contributed by atoms with Gasteiger partial charge < -0.3 is 0 Å². The molecule has 0 radical (unpaired) electrons. The van der Waals surface area contributed by atoms with Gasteiger partial charge in [-0.1, -0.05) is 23.2 Å². The molecule has 2 N–H and O–H groups in total. The molecule has 20 heavy (non-hydrogen) atoms. The van der Waals surface area contributed by atoms with Gasteiger partial charge >= 0.3 is 0 Å². The van der Waals surface area contributed by atoms with E-state index in [4.69, 9.17) is 23.2 Å². The monoisotopic (exact) mass is 334 g/mol. The van der Waals surface area contributed by atoms with Gasteiger partial charge in [0, 0.05) is 18.0 Å². The van der Waals surface area contributed by atoms with Gasteiger partial charge in [0.2, 0.25) is 10.0 Å². The molecule has 1 aliphatic rings. The van der Waals surface area contributed by atoms with E-state index in [-0.39, 0.29) is 9.92 Å². The van der Waals surface area contributed by atoms with Crippen LogP contribution in [-0.4, -0.2) is 27.8 Å². The molecular weight excluding hydrogens is 321 g/mol. The minimum atomic E-state index is -3.64. The number of halogens is 2. The Morgan fingerprint density at radius 3 is 2.80 bits per heavy atom. The Kier molecular flexibility index (Phi) is 5.17. The number of hydrogen-bond donors (Lipinski definition) is 2. The summed E-state index contributed by atoms with van der Waals surface area (Å²) in [6, 6.07) is 4.35. The summed E-state index contributed by atoms with van der Waals surface area (Å²) in [6.07, 6.45) is 6.07. The molecule has 0 aromatic heterocycles. The number of aliphatic imine (C=N–C) groups is 1. The van der Waals surface area contributed by atoms with Crippen LogP contribution in [-0.2, 0) is 10.0 Å². The first kappa shape index (κ1) is 15.5. The third kappa shape index (κ3) is 4.04. The third-order valence-electron chi connectivity index (χ3n) is 2.73. The number of rotatable bonds is 6. The molecule has 1 heterocycles. The number of sulfonamides is 1. The van der Waals surface area contributed by atoms with Crippen molar-refractivity contribution in [2.24, 2.45) is 4.99 Å². The van der Waals surface area contributed by atoms with Crippen LogP contribution < -0.4 is 9.62 Å². The van der Waals surface area contributed by atoms with Crippen molar-refractivity contribution in [3.8, 4) is 0 Å². The van der Waals surface area contributed by atoms with Crippen molar-refractivity contribution in [3.63, 3.8) is 0 Å². The molecule has 8 heteroatoms. The summed E-state index contributed by atoms with van der Waals surface area (Å²) in [5.41, 5.74) is 0. The van der Waals surface area contributed by atoms with Crippen LogP contribution >= 0.6 is 23.2 Å². The molecule has 1 atom stereocenters. The molecule has 0 aliphatic carbocycles. The average Bonchev–Trinajstić information content (AvgIpc) is 2.90. The zero-order valence-corrected chi connectivity index (χ0v) is 12.8. The predicted octanol–water partition coefficient (Wildman–Crippen LogP) is 1.06. The molecule has 0 spiro atoms. The van der Waals surface area contributed by atoms with Gasteiger partial charge in [-0.2, -0.15) is 0 Å². The largest absolute Gasteiger partial charge is 0.265 e. The molecule has 1 aliphatic heterocycles. The summed E-state index contributed by atoms with van der Waals surface area (Å²) < 4.78 is 26.7. The first-order chi connectivity index (χ1) is 9.49. The Labute approximate surface area is 127 Å². The van der Waals surface area contributed by atoms with Gasteiger partial charge in [0.15, 0.2) is 6.34 Å². The maximum Gasteiger partial charge on any atom is 0.242 e. The standard InChI is InChI=1S/C12H13Cl2N3O2S/c13-10-2-3-11(14)12(8-10)20(18,19)16-4-1-6-17-7-5-15-9-17/h2-3,5,7-9,16H,1,4,6H2/p+1. The summed E-state index contributed by atoms with van der Waals surface area (Å²) >= 11 is 11.7. The van der Waals surface area contributed by atoms with Gasteiger partial charge in [-0.3, -0.25) is 4.90 Å². The SMILES string of the molecule is O=S(=O)(NCCC[NH+]1C=CN=C1)c1cc(Cl)ccc1Cl. The fourth-order valence-electron chi connectivity index (χ4n) is 1.73. The number of quaternary nitrogens is 1. The average molecular weight is 335 g/mol. The fourth-order valence-corrected chi connectivity index (χ4v) is 3.56. The first-order valence-electron chi connectivity index (χ1n) is 5.99. The zero-order chi connectivity index (χ0) is 14.6. The second-order valence-electron chi connectivity index (χ2n) is 4.24. The van der Waals surface area contributed by atoms with Crippen molar-refractivity contribution < 1.29 is 13.3 Å². The van der Waals surface area contributed by atoms with Gasteiger partial charge in [0.05, 0.1) is 17.8 Å². The first-order valence-corrected chi connectivity index (χ1v) is 8.23. The summed E-state index contributed by atoms with van der Waals surface area (Å²) in [4.78, 5) is 5.04. The lowest BCUT2D eigenvalue weighted by Gasteiger charge is -2.09. The molecule has 0 saturated carbocycles. The van der Waals surface area contributed by atoms with Crippen molar-refractivity contribution in [2.75, 3.05) is 13.1 Å². The maximum atomic E-state index is 12.1. The quantitative estimate of drug-likeness (QED) is 0.764. The highest BCUT2D eigenvalue weighted by atomic mass is 35.5. The highest BCUT2D eigenvalue weighted by molar-refractivity contribution is 7.89. The second-order valence-corrected chi connectivity index (χ2v) is 6.82. The molecule has 2 rings (SSSR count). The molecule has 0 fully saturated rings. The Bertz CT molecular complexity index is 632. The van der Waals surface area contributed by atoms with E-state index in [0.717, 1.165) is 11.4 Å². The van der Waals surface area contributed by atoms with E-state index in [1.807, 2.05) is 6.20 Å². The normalized spacial score (nSPS) is 17.8. The Hall–Kier alpha value is -0.920. The van der Waals surface area contributed by atoms with Crippen molar-refractivity contribution in [2.45, 2.75) is 11.3 Å². The van der Waals surface area contributed by atoms with Gasteiger partial charge in [-0.25, -0.2) is 18.1 Å². The minimum absolute atomic E-state index is 0.00152. The van der Waals surface area contributed by atoms with E-state index < -0.39 is 10.0 Å². The van der Waals surface area contributed by atoms with Crippen LogP contribution in [0.15, 0.2) is 40.5 Å². The van der Waals surface area contributed by atoms with E-state index >= 15 is 0 Å². The Morgan fingerprint density at radius 2 is 2.10 bits per heavy atom. The van der Waals surface area contributed by atoms with Gasteiger partial charge in [-0.05, 0) is 18.2 Å². The minimum Gasteiger partial charge on any atom is -0.265 e. The van der Waals surface area contributed by atoms with E-state index in [1.165, 1.54) is 12.1 Å². The third-order valence-corrected chi connectivity index (χ3v) is 4.91. The van der Waals surface area contributed by atoms with Gasteiger partial charge in [0.1, 0.15) is 11.1 Å². The zero-order valence-electron chi connectivity index (χ0n) is 10.5. The van der Waals surface area contributed by atoms with Crippen LogP contribution in [0.4, 0.5) is 0 Å². The van der Waals surface area contributed by atoms with Crippen LogP contribution in [0.3, 0.4) is 0 Å². The summed E-state index contributed by atoms with van der Waals surface area (Å²) in [5, 5.41) is 0.486. The molecule has 1 aromatic rings. The highest BCUT2D eigenvalue weighted by Crippen LogP contribution is 2.24. The van der Waals surface area contributed by atoms with Crippen molar-refractivity contribution in [3.05, 3.63) is 40.6 Å². The fraction of sp³-hybridized carbons (Fsp3) is 0.250. The van der Waals surface area contributed by atoms with E-state index in [1.54, 1.807) is 18.6 Å². The Morgan fingerprint density at radius 1 is 1.30 bits per heavy atom. The molecular formula is C12H14Cl2N3O2S+. The number of benzene rings is 1. The van der Waals surface area contributed by atoms with Gasteiger partial charge in [0.25, 0.3) is 0 Å². The second kappa shape index (κ2) is 6.69. The summed E-state index contributed by atoms with van der Waals surface area (Å²) in [6.45, 7) is 1.10. The van der Waals surface area contributed by atoms with Crippen molar-refractivity contribution in [1.29, 1.82) is 0 Å². The van der Waals surface area contributed by atoms with Crippen molar-refractivity contribution >= 4 is 39.6 Å². The van der Waals surface area contributed by atoms with E-state index in [0.29, 0.717) is 18.0 Å². The maximum absolute atomic E-state index is 12.1. The van der Waals surface area contributed by atoms with Crippen LogP contribution in [0.2, 0.25) is 10.0 Å². The van der Waals surface area contributed by atoms with Crippen LogP contribution in [0.25, 0.3) is 0 Å². The number of hydrogen-bond acceptors (Lipinski definition) is 3. The molecule has 5 nitrogen and oxygen atoms in total. The van der Waals surface area contributed by atoms with E-state index in [9.17, 15) is 8.42 Å². The van der Waals surface area contributed by atoms with Crippen LogP contribution in [0.5, 0.6) is 0 Å². The number of nitrogens with one attached hydrogen (secondary N) is 2. The lowest BCUT2D eigenvalue weighted by molar-refractivity contribution is -0.736. The number of nitrogens with zero attached hydrogens (tertiary/aromatic N) is 1. The van der Waals surface area contributed by atoms with Crippen LogP contribution in [0, 0.1) is 0 Å². The summed E-state index contributed by atoms with van der Waals surface area (Å²) in [5.74, 6) is 0.